The molecule has 6 heteroatoms. The Labute approximate surface area is 106 Å². The summed E-state index contributed by atoms with van der Waals surface area (Å²) in [5, 5.41) is 16.8. The summed E-state index contributed by atoms with van der Waals surface area (Å²) >= 11 is 5.74. The van der Waals surface area contributed by atoms with E-state index in [0.717, 1.165) is 6.42 Å². The number of aryl methyl sites for hydroxylation is 1. The van der Waals surface area contributed by atoms with Gasteiger partial charge in [0.05, 0.1) is 11.2 Å². The van der Waals surface area contributed by atoms with Gasteiger partial charge in [0.2, 0.25) is 0 Å². The average molecular weight is 260 g/mol. The van der Waals surface area contributed by atoms with E-state index in [1.165, 1.54) is 0 Å². The van der Waals surface area contributed by atoms with E-state index in [1.54, 1.807) is 24.0 Å². The van der Waals surface area contributed by atoms with E-state index in [4.69, 9.17) is 16.7 Å². The molecule has 0 aliphatic rings. The number of nitrogens with zero attached hydrogens (tertiary/aromatic N) is 2. The number of aliphatic carboxylic acids is 1. The molecule has 96 valence electrons. The van der Waals surface area contributed by atoms with Crippen LogP contribution in [0.4, 0.5) is 0 Å². The molecule has 0 aromatic carbocycles. The Morgan fingerprint density at radius 3 is 2.88 bits per heavy atom. The van der Waals surface area contributed by atoms with Crippen LogP contribution in [0.25, 0.3) is 0 Å². The summed E-state index contributed by atoms with van der Waals surface area (Å²) in [6, 6.07) is 0. The highest BCUT2D eigenvalue weighted by atomic mass is 35.5. The Bertz CT molecular complexity index is 381. The molecule has 1 aromatic heterocycles. The molecular weight excluding hydrogens is 242 g/mol. The summed E-state index contributed by atoms with van der Waals surface area (Å²) < 4.78 is 1.72. The van der Waals surface area contributed by atoms with Crippen molar-refractivity contribution >= 4 is 17.6 Å². The van der Waals surface area contributed by atoms with Gasteiger partial charge in [0.15, 0.2) is 0 Å². The van der Waals surface area contributed by atoms with Crippen LogP contribution in [-0.2, 0) is 11.3 Å². The molecular formula is C11H18ClN3O2. The van der Waals surface area contributed by atoms with Crippen molar-refractivity contribution in [1.29, 1.82) is 0 Å². The first-order valence-electron chi connectivity index (χ1n) is 5.64. The van der Waals surface area contributed by atoms with Crippen LogP contribution in [0.3, 0.4) is 0 Å². The van der Waals surface area contributed by atoms with Gasteiger partial charge in [0.1, 0.15) is 5.54 Å². The summed E-state index contributed by atoms with van der Waals surface area (Å²) in [5.41, 5.74) is -0.869. The molecule has 0 amide bonds. The van der Waals surface area contributed by atoms with Gasteiger partial charge < -0.3 is 10.4 Å². The molecule has 1 heterocycles. The topological polar surface area (TPSA) is 67.2 Å². The number of hydrogen-bond acceptors (Lipinski definition) is 3. The molecule has 17 heavy (non-hydrogen) atoms. The Morgan fingerprint density at radius 1 is 1.71 bits per heavy atom. The molecule has 0 saturated carbocycles. The fourth-order valence-electron chi connectivity index (χ4n) is 1.72. The van der Waals surface area contributed by atoms with E-state index < -0.39 is 11.5 Å². The van der Waals surface area contributed by atoms with E-state index in [0.29, 0.717) is 24.5 Å². The maximum absolute atomic E-state index is 11.2. The summed E-state index contributed by atoms with van der Waals surface area (Å²) in [6.07, 6.45) is 4.58. The van der Waals surface area contributed by atoms with Crippen molar-refractivity contribution < 1.29 is 9.90 Å². The number of carboxylic acid groups (broad SMARTS) is 1. The van der Waals surface area contributed by atoms with Crippen LogP contribution in [0, 0.1) is 0 Å². The third-order valence-corrected chi connectivity index (χ3v) is 2.90. The number of rotatable bonds is 7. The van der Waals surface area contributed by atoms with Crippen LogP contribution in [0.2, 0.25) is 5.02 Å². The maximum Gasteiger partial charge on any atom is 0.323 e. The van der Waals surface area contributed by atoms with Gasteiger partial charge in [-0.2, -0.15) is 5.10 Å². The van der Waals surface area contributed by atoms with Crippen LogP contribution in [-0.4, -0.2) is 32.9 Å². The zero-order valence-corrected chi connectivity index (χ0v) is 10.9. The summed E-state index contributed by atoms with van der Waals surface area (Å²) in [7, 11) is 0. The summed E-state index contributed by atoms with van der Waals surface area (Å²) in [6.45, 7) is 4.90. The quantitative estimate of drug-likeness (QED) is 0.783. The first kappa shape index (κ1) is 14.0. The minimum Gasteiger partial charge on any atom is -0.480 e. The van der Waals surface area contributed by atoms with Crippen LogP contribution < -0.4 is 5.32 Å². The van der Waals surface area contributed by atoms with Crippen LogP contribution >= 0.6 is 11.6 Å². The van der Waals surface area contributed by atoms with E-state index in [1.807, 2.05) is 6.92 Å². The van der Waals surface area contributed by atoms with Crippen molar-refractivity contribution in [2.75, 3.05) is 6.54 Å². The van der Waals surface area contributed by atoms with Gasteiger partial charge in [-0.1, -0.05) is 18.5 Å². The average Bonchev–Trinajstić information content (AvgIpc) is 2.64. The van der Waals surface area contributed by atoms with E-state index >= 15 is 0 Å². The molecule has 5 nitrogen and oxygen atoms in total. The zero-order chi connectivity index (χ0) is 12.9. The fourth-order valence-corrected chi connectivity index (χ4v) is 1.87. The molecule has 1 unspecified atom stereocenters. The van der Waals surface area contributed by atoms with Gasteiger partial charge in [-0.05, 0) is 26.3 Å². The van der Waals surface area contributed by atoms with Gasteiger partial charge in [-0.25, -0.2) is 0 Å². The molecule has 0 aliphatic heterocycles. The number of carbonyl (C=O) groups is 1. The van der Waals surface area contributed by atoms with Gasteiger partial charge in [-0.15, -0.1) is 0 Å². The van der Waals surface area contributed by atoms with Crippen LogP contribution in [0.5, 0.6) is 0 Å². The highest BCUT2D eigenvalue weighted by Crippen LogP contribution is 2.14. The molecule has 1 atom stereocenters. The van der Waals surface area contributed by atoms with E-state index in [-0.39, 0.29) is 0 Å². The van der Waals surface area contributed by atoms with Gasteiger partial charge in [0, 0.05) is 12.7 Å². The SMILES string of the molecule is CCNC(C)(CCCn1cc(Cl)cn1)C(=O)O. The smallest absolute Gasteiger partial charge is 0.323 e. The Morgan fingerprint density at radius 2 is 2.41 bits per heavy atom. The number of aromatic nitrogens is 2. The second-order valence-electron chi connectivity index (χ2n) is 4.19. The predicted molar refractivity (Wildman–Crippen MR) is 66.2 cm³/mol. The van der Waals surface area contributed by atoms with E-state index in [2.05, 4.69) is 10.4 Å². The lowest BCUT2D eigenvalue weighted by molar-refractivity contribution is -0.144. The van der Waals surface area contributed by atoms with Crippen LogP contribution in [0.1, 0.15) is 26.7 Å². The first-order chi connectivity index (χ1) is 7.98. The highest BCUT2D eigenvalue weighted by molar-refractivity contribution is 6.30. The largest absolute Gasteiger partial charge is 0.480 e. The van der Waals surface area contributed by atoms with Crippen molar-refractivity contribution in [1.82, 2.24) is 15.1 Å². The molecule has 0 spiro atoms. The lowest BCUT2D eigenvalue weighted by Crippen LogP contribution is -2.49. The fraction of sp³-hybridized carbons (Fsp3) is 0.636. The normalized spacial score (nSPS) is 14.5. The number of nitrogens with one attached hydrogen (secondary N) is 1. The lowest BCUT2D eigenvalue weighted by atomic mass is 9.96. The van der Waals surface area contributed by atoms with Crippen molar-refractivity contribution in [3.63, 3.8) is 0 Å². The van der Waals surface area contributed by atoms with Gasteiger partial charge in [0.25, 0.3) is 0 Å². The monoisotopic (exact) mass is 259 g/mol. The summed E-state index contributed by atoms with van der Waals surface area (Å²) in [5.74, 6) is -0.821. The number of hydrogen-bond donors (Lipinski definition) is 2. The molecule has 1 rings (SSSR count). The molecule has 1 aromatic rings. The lowest BCUT2D eigenvalue weighted by Gasteiger charge is -2.25. The minimum atomic E-state index is -0.869. The molecule has 0 saturated heterocycles. The number of halogens is 1. The van der Waals surface area contributed by atoms with Crippen molar-refractivity contribution in [2.24, 2.45) is 0 Å². The molecule has 0 bridgehead atoms. The van der Waals surface area contributed by atoms with Crippen molar-refractivity contribution in [3.8, 4) is 0 Å². The molecule has 0 aliphatic carbocycles. The standard InChI is InChI=1S/C11H18ClN3O2/c1-3-13-11(2,10(16)17)5-4-6-15-8-9(12)7-14-15/h7-8,13H,3-6H2,1-2H3,(H,16,17). The molecule has 0 fully saturated rings. The zero-order valence-electron chi connectivity index (χ0n) is 10.1. The van der Waals surface area contributed by atoms with Gasteiger partial charge in [-0.3, -0.25) is 9.48 Å². The second-order valence-corrected chi connectivity index (χ2v) is 4.63. The summed E-state index contributed by atoms with van der Waals surface area (Å²) in [4.78, 5) is 11.2. The highest BCUT2D eigenvalue weighted by Gasteiger charge is 2.31. The second kappa shape index (κ2) is 6.02. The predicted octanol–water partition coefficient (Wildman–Crippen LogP) is 1.77. The Hall–Kier alpha value is -1.07. The number of carboxylic acids is 1. The minimum absolute atomic E-state index is 0.549. The van der Waals surface area contributed by atoms with Gasteiger partial charge >= 0.3 is 5.97 Å². The molecule has 0 radical (unpaired) electrons. The van der Waals surface area contributed by atoms with Crippen molar-refractivity contribution in [3.05, 3.63) is 17.4 Å². The Kier molecular flexibility index (Phi) is 4.96. The molecule has 2 N–H and O–H groups in total. The van der Waals surface area contributed by atoms with E-state index in [9.17, 15) is 4.79 Å². The third-order valence-electron chi connectivity index (χ3n) is 2.70. The van der Waals surface area contributed by atoms with Crippen LogP contribution in [0.15, 0.2) is 12.4 Å². The first-order valence-corrected chi connectivity index (χ1v) is 6.02. The Balaban J connectivity index is 2.45. The van der Waals surface area contributed by atoms with Crippen molar-refractivity contribution in [2.45, 2.75) is 38.8 Å². The maximum atomic E-state index is 11.2. The third kappa shape index (κ3) is 4.02. The number of likely N-dealkylation sites (N-methyl/N-ethyl adjacent to an activating group) is 1.